The molecule has 4 nitrogen and oxygen atoms in total. The van der Waals surface area contributed by atoms with E-state index in [0.29, 0.717) is 17.7 Å². The molecule has 2 aromatic rings. The molecule has 24 heavy (non-hydrogen) atoms. The first-order valence-electron chi connectivity index (χ1n) is 7.63. The zero-order chi connectivity index (χ0) is 18.0. The number of aromatic nitrogens is 2. The molecular weight excluding hydrogens is 335 g/mol. The number of ether oxygens (including phenoxy) is 1. The Hall–Kier alpha value is -1.80. The molecule has 1 aromatic heterocycles. The summed E-state index contributed by atoms with van der Waals surface area (Å²) in [6.07, 6.45) is -1.26. The van der Waals surface area contributed by atoms with E-state index in [4.69, 9.17) is 10.5 Å². The number of nitrogens with two attached hydrogens (primary N) is 1. The van der Waals surface area contributed by atoms with Crippen LogP contribution in [0.3, 0.4) is 0 Å². The lowest BCUT2D eigenvalue weighted by Gasteiger charge is -2.15. The zero-order valence-corrected chi connectivity index (χ0v) is 15.0. The van der Waals surface area contributed by atoms with Crippen LogP contribution in [0.15, 0.2) is 30.6 Å². The van der Waals surface area contributed by atoms with Crippen LogP contribution in [0, 0.1) is 0 Å². The van der Waals surface area contributed by atoms with Crippen molar-refractivity contribution < 1.29 is 17.9 Å². The van der Waals surface area contributed by atoms with Crippen LogP contribution in [0.4, 0.5) is 18.9 Å². The minimum atomic E-state index is -4.43. The highest BCUT2D eigenvalue weighted by Gasteiger charge is 2.31. The SMILES string of the molecule is C[Si](C)(C)CCOCn1cc(-c2cc(N)cc(C(F)(F)F)c2)cn1. The molecular formula is C16H22F3N3OSi. The summed E-state index contributed by atoms with van der Waals surface area (Å²) in [6.45, 7) is 7.72. The minimum absolute atomic E-state index is 0.0685. The van der Waals surface area contributed by atoms with E-state index in [0.717, 1.165) is 18.2 Å². The van der Waals surface area contributed by atoms with Gasteiger partial charge in [-0.2, -0.15) is 18.3 Å². The van der Waals surface area contributed by atoms with Gasteiger partial charge in [-0.05, 0) is 29.8 Å². The summed E-state index contributed by atoms with van der Waals surface area (Å²) in [4.78, 5) is 0. The van der Waals surface area contributed by atoms with E-state index in [-0.39, 0.29) is 12.4 Å². The first-order chi connectivity index (χ1) is 11.0. The van der Waals surface area contributed by atoms with E-state index in [9.17, 15) is 13.2 Å². The fourth-order valence-corrected chi connectivity index (χ4v) is 2.86. The molecule has 0 fully saturated rings. The molecule has 0 spiro atoms. The molecule has 0 saturated carbocycles. The van der Waals surface area contributed by atoms with Crippen molar-refractivity contribution in [3.63, 3.8) is 0 Å². The number of benzene rings is 1. The molecule has 0 bridgehead atoms. The van der Waals surface area contributed by atoms with Crippen molar-refractivity contribution >= 4 is 13.8 Å². The largest absolute Gasteiger partial charge is 0.416 e. The Balaban J connectivity index is 2.07. The molecule has 1 heterocycles. The third kappa shape index (κ3) is 5.38. The molecule has 0 saturated heterocycles. The van der Waals surface area contributed by atoms with Crippen LogP contribution < -0.4 is 5.73 Å². The summed E-state index contributed by atoms with van der Waals surface area (Å²) >= 11 is 0. The lowest BCUT2D eigenvalue weighted by Crippen LogP contribution is -2.22. The molecule has 0 radical (unpaired) electrons. The van der Waals surface area contributed by atoms with Gasteiger partial charge in [-0.25, -0.2) is 4.68 Å². The maximum atomic E-state index is 12.9. The number of nitrogen functional groups attached to an aromatic ring is 1. The predicted molar refractivity (Wildman–Crippen MR) is 91.2 cm³/mol. The third-order valence-electron chi connectivity index (χ3n) is 3.47. The number of hydrogen-bond acceptors (Lipinski definition) is 3. The van der Waals surface area contributed by atoms with Crippen LogP contribution in [0.5, 0.6) is 0 Å². The van der Waals surface area contributed by atoms with Crippen LogP contribution >= 0.6 is 0 Å². The maximum absolute atomic E-state index is 12.9. The first-order valence-corrected chi connectivity index (χ1v) is 11.3. The highest BCUT2D eigenvalue weighted by Crippen LogP contribution is 2.34. The molecule has 132 valence electrons. The predicted octanol–water partition coefficient (Wildman–Crippen LogP) is 4.46. The summed E-state index contributed by atoms with van der Waals surface area (Å²) in [5, 5.41) is 4.13. The van der Waals surface area contributed by atoms with Crippen molar-refractivity contribution in [2.24, 2.45) is 0 Å². The Kier molecular flexibility index (Phi) is 5.39. The van der Waals surface area contributed by atoms with Crippen molar-refractivity contribution in [2.75, 3.05) is 12.3 Å². The molecule has 0 aliphatic rings. The Morgan fingerprint density at radius 1 is 1.17 bits per heavy atom. The number of halogens is 3. The third-order valence-corrected chi connectivity index (χ3v) is 5.17. The lowest BCUT2D eigenvalue weighted by atomic mass is 10.0. The summed E-state index contributed by atoms with van der Waals surface area (Å²) in [6, 6.07) is 4.55. The first kappa shape index (κ1) is 18.5. The summed E-state index contributed by atoms with van der Waals surface area (Å²) in [7, 11) is -1.15. The molecule has 1 aromatic carbocycles. The molecule has 0 amide bonds. The van der Waals surface area contributed by atoms with E-state index in [1.54, 1.807) is 10.9 Å². The van der Waals surface area contributed by atoms with Crippen molar-refractivity contribution in [1.29, 1.82) is 0 Å². The number of rotatable bonds is 6. The highest BCUT2D eigenvalue weighted by atomic mass is 28.3. The van der Waals surface area contributed by atoms with Crippen LogP contribution in [-0.4, -0.2) is 24.5 Å². The van der Waals surface area contributed by atoms with Crippen molar-refractivity contribution in [3.05, 3.63) is 36.2 Å². The summed E-state index contributed by atoms with van der Waals surface area (Å²) in [5.41, 5.74) is 5.85. The quantitative estimate of drug-likeness (QED) is 0.472. The Morgan fingerprint density at radius 2 is 1.88 bits per heavy atom. The Morgan fingerprint density at radius 3 is 2.50 bits per heavy atom. The number of anilines is 1. The van der Waals surface area contributed by atoms with E-state index in [1.807, 2.05) is 0 Å². The van der Waals surface area contributed by atoms with Crippen LogP contribution in [0.25, 0.3) is 11.1 Å². The van der Waals surface area contributed by atoms with Crippen LogP contribution in [-0.2, 0) is 17.6 Å². The zero-order valence-electron chi connectivity index (χ0n) is 14.0. The minimum Gasteiger partial charge on any atom is -0.399 e. The second-order valence-electron chi connectivity index (χ2n) is 6.96. The second-order valence-corrected chi connectivity index (χ2v) is 12.6. The second kappa shape index (κ2) is 6.98. The highest BCUT2D eigenvalue weighted by molar-refractivity contribution is 6.76. The van der Waals surface area contributed by atoms with E-state index >= 15 is 0 Å². The van der Waals surface area contributed by atoms with Gasteiger partial charge in [-0.15, -0.1) is 0 Å². The van der Waals surface area contributed by atoms with Crippen LogP contribution in [0.1, 0.15) is 5.56 Å². The topological polar surface area (TPSA) is 53.1 Å². The fraction of sp³-hybridized carbons (Fsp3) is 0.438. The van der Waals surface area contributed by atoms with Gasteiger partial charge in [0.15, 0.2) is 0 Å². The molecule has 0 atom stereocenters. The summed E-state index contributed by atoms with van der Waals surface area (Å²) in [5.74, 6) is 0. The smallest absolute Gasteiger partial charge is 0.399 e. The standard InChI is InChI=1S/C16H22F3N3OSi/c1-24(2,3)5-4-23-11-22-10-13(9-21-22)12-6-14(16(17,18)19)8-15(20)7-12/h6-10H,4-5,11,20H2,1-3H3. The van der Waals surface area contributed by atoms with Gasteiger partial charge in [-0.3, -0.25) is 0 Å². The van der Waals surface area contributed by atoms with Gasteiger partial charge >= 0.3 is 6.18 Å². The van der Waals surface area contributed by atoms with Gasteiger partial charge in [0.1, 0.15) is 6.73 Å². The summed E-state index contributed by atoms with van der Waals surface area (Å²) < 4.78 is 45.8. The van der Waals surface area contributed by atoms with Gasteiger partial charge in [0.25, 0.3) is 0 Å². The number of alkyl halides is 3. The maximum Gasteiger partial charge on any atom is 0.416 e. The van der Waals surface area contributed by atoms with Gasteiger partial charge in [0.2, 0.25) is 0 Å². The molecule has 0 aliphatic carbocycles. The molecule has 0 unspecified atom stereocenters. The van der Waals surface area contributed by atoms with Crippen molar-refractivity contribution in [3.8, 4) is 11.1 Å². The van der Waals surface area contributed by atoms with Gasteiger partial charge in [0, 0.05) is 32.1 Å². The van der Waals surface area contributed by atoms with Gasteiger partial charge in [-0.1, -0.05) is 19.6 Å². The Labute approximate surface area is 140 Å². The number of nitrogens with zero attached hydrogens (tertiary/aromatic N) is 2. The van der Waals surface area contributed by atoms with E-state index in [2.05, 4.69) is 24.7 Å². The average molecular weight is 357 g/mol. The van der Waals surface area contributed by atoms with Gasteiger partial charge < -0.3 is 10.5 Å². The molecule has 2 N–H and O–H groups in total. The van der Waals surface area contributed by atoms with Gasteiger partial charge in [0.05, 0.1) is 11.8 Å². The van der Waals surface area contributed by atoms with Crippen LogP contribution in [0.2, 0.25) is 25.7 Å². The van der Waals surface area contributed by atoms with E-state index in [1.165, 1.54) is 12.3 Å². The normalized spacial score (nSPS) is 12.6. The monoisotopic (exact) mass is 357 g/mol. The Bertz CT molecular complexity index is 693. The average Bonchev–Trinajstić information content (AvgIpc) is 2.90. The fourth-order valence-electron chi connectivity index (χ4n) is 2.10. The van der Waals surface area contributed by atoms with E-state index < -0.39 is 19.8 Å². The molecule has 8 heteroatoms. The molecule has 0 aliphatic heterocycles. The molecule has 2 rings (SSSR count). The lowest BCUT2D eigenvalue weighted by molar-refractivity contribution is -0.137. The van der Waals surface area contributed by atoms with Crippen molar-refractivity contribution in [1.82, 2.24) is 9.78 Å². The number of hydrogen-bond donors (Lipinski definition) is 1. The van der Waals surface area contributed by atoms with Crippen molar-refractivity contribution in [2.45, 2.75) is 38.6 Å².